The molecule has 0 radical (unpaired) electrons. The van der Waals surface area contributed by atoms with Crippen molar-refractivity contribution in [3.63, 3.8) is 0 Å². The number of hydrogen-bond acceptors (Lipinski definition) is 5. The summed E-state index contributed by atoms with van der Waals surface area (Å²) >= 11 is 0. The monoisotopic (exact) mass is 296 g/mol. The summed E-state index contributed by atoms with van der Waals surface area (Å²) in [7, 11) is 0. The van der Waals surface area contributed by atoms with Gasteiger partial charge >= 0.3 is 5.69 Å². The van der Waals surface area contributed by atoms with E-state index >= 15 is 0 Å². The molecule has 1 heterocycles. The van der Waals surface area contributed by atoms with Crippen LogP contribution in [-0.4, -0.2) is 27.9 Å². The van der Waals surface area contributed by atoms with Crippen LogP contribution in [0.4, 0.5) is 5.69 Å². The average Bonchev–Trinajstić information content (AvgIpc) is 3.00. The Kier molecular flexibility index (Phi) is 5.17. The van der Waals surface area contributed by atoms with Crippen molar-refractivity contribution < 1.29 is 9.66 Å². The van der Waals surface area contributed by atoms with Crippen molar-refractivity contribution >= 4 is 5.69 Å². The zero-order chi connectivity index (χ0) is 15.4. The second-order valence-electron chi connectivity index (χ2n) is 5.72. The van der Waals surface area contributed by atoms with E-state index in [2.05, 4.69) is 5.10 Å². The Labute approximate surface area is 124 Å². The Morgan fingerprint density at radius 2 is 2.19 bits per heavy atom. The molecule has 1 aliphatic rings. The van der Waals surface area contributed by atoms with E-state index in [0.717, 1.165) is 25.7 Å². The molecule has 0 aliphatic heterocycles. The molecule has 0 aromatic carbocycles. The van der Waals surface area contributed by atoms with E-state index in [1.165, 1.54) is 0 Å². The molecule has 118 valence electrons. The zero-order valence-electron chi connectivity index (χ0n) is 12.7. The van der Waals surface area contributed by atoms with Gasteiger partial charge in [-0.2, -0.15) is 5.10 Å². The van der Waals surface area contributed by atoms with Gasteiger partial charge in [0.1, 0.15) is 5.69 Å². The first-order chi connectivity index (χ1) is 10.1. The molecule has 2 rings (SSSR count). The second kappa shape index (κ2) is 6.89. The van der Waals surface area contributed by atoms with Crippen molar-refractivity contribution in [2.75, 3.05) is 13.2 Å². The Bertz CT molecular complexity index is 501. The third kappa shape index (κ3) is 3.34. The fourth-order valence-corrected chi connectivity index (χ4v) is 3.10. The number of ether oxygens (including phenoxy) is 1. The number of nitro groups is 1. The molecule has 7 nitrogen and oxygen atoms in total. The maximum absolute atomic E-state index is 11.2. The van der Waals surface area contributed by atoms with E-state index in [0.29, 0.717) is 43.1 Å². The summed E-state index contributed by atoms with van der Waals surface area (Å²) in [5.41, 5.74) is 6.17. The Morgan fingerprint density at radius 1 is 1.48 bits per heavy atom. The van der Waals surface area contributed by atoms with Crippen LogP contribution in [0, 0.1) is 28.9 Å². The summed E-state index contributed by atoms with van der Waals surface area (Å²) in [6, 6.07) is 0. The van der Waals surface area contributed by atoms with Gasteiger partial charge in [-0.15, -0.1) is 0 Å². The fraction of sp³-hybridized carbons (Fsp3) is 0.786. The largest absolute Gasteiger partial charge is 0.473 e. The summed E-state index contributed by atoms with van der Waals surface area (Å²) in [6.07, 6.45) is 4.21. The molecule has 21 heavy (non-hydrogen) atoms. The van der Waals surface area contributed by atoms with E-state index in [9.17, 15) is 10.1 Å². The molecule has 0 saturated heterocycles. The highest BCUT2D eigenvalue weighted by molar-refractivity contribution is 5.45. The summed E-state index contributed by atoms with van der Waals surface area (Å²) in [5, 5.41) is 15.5. The van der Waals surface area contributed by atoms with Crippen molar-refractivity contribution in [3.8, 4) is 5.88 Å². The molecule has 0 amide bonds. The first kappa shape index (κ1) is 15.8. The normalized spacial score (nSPS) is 21.7. The smallest absolute Gasteiger partial charge is 0.353 e. The Balaban J connectivity index is 2.15. The fourth-order valence-electron chi connectivity index (χ4n) is 3.10. The molecular weight excluding hydrogens is 272 g/mol. The number of aromatic nitrogens is 2. The quantitative estimate of drug-likeness (QED) is 0.615. The van der Waals surface area contributed by atoms with Gasteiger partial charge in [0, 0.05) is 6.54 Å². The highest BCUT2D eigenvalue weighted by Crippen LogP contribution is 2.34. The SMILES string of the molecule is CCCn1nc(C)c([N+](=O)[O-])c1OCC1CCCC1CN. The standard InChI is InChI=1S/C14H24N4O3/c1-3-7-17-14(13(18(19)20)10(2)16-17)21-9-12-6-4-5-11(12)8-15/h11-12H,3-9,15H2,1-2H3. The predicted molar refractivity (Wildman–Crippen MR) is 79.3 cm³/mol. The molecule has 1 aromatic rings. The van der Waals surface area contributed by atoms with Crippen LogP contribution in [0.1, 0.15) is 38.3 Å². The van der Waals surface area contributed by atoms with Crippen LogP contribution >= 0.6 is 0 Å². The third-order valence-corrected chi connectivity index (χ3v) is 4.22. The lowest BCUT2D eigenvalue weighted by molar-refractivity contribution is -0.386. The molecule has 2 unspecified atom stereocenters. The highest BCUT2D eigenvalue weighted by Gasteiger charge is 2.30. The molecule has 0 bridgehead atoms. The number of rotatable bonds is 7. The van der Waals surface area contributed by atoms with Gasteiger partial charge in [0.25, 0.3) is 5.88 Å². The zero-order valence-corrected chi connectivity index (χ0v) is 12.7. The third-order valence-electron chi connectivity index (χ3n) is 4.22. The molecule has 1 aliphatic carbocycles. The number of nitrogens with two attached hydrogens (primary N) is 1. The number of hydrogen-bond donors (Lipinski definition) is 1. The molecular formula is C14H24N4O3. The Hall–Kier alpha value is -1.63. The van der Waals surface area contributed by atoms with Gasteiger partial charge in [-0.3, -0.25) is 10.1 Å². The summed E-state index contributed by atoms with van der Waals surface area (Å²) in [5.74, 6) is 1.15. The topological polar surface area (TPSA) is 96.2 Å². The van der Waals surface area contributed by atoms with Crippen molar-refractivity contribution in [3.05, 3.63) is 15.8 Å². The van der Waals surface area contributed by atoms with Crippen LogP contribution in [0.15, 0.2) is 0 Å². The van der Waals surface area contributed by atoms with Gasteiger partial charge in [0.15, 0.2) is 0 Å². The summed E-state index contributed by atoms with van der Waals surface area (Å²) in [4.78, 5) is 10.8. The van der Waals surface area contributed by atoms with Crippen LogP contribution < -0.4 is 10.5 Å². The van der Waals surface area contributed by atoms with E-state index < -0.39 is 4.92 Å². The van der Waals surface area contributed by atoms with Crippen LogP contribution in [0.2, 0.25) is 0 Å². The minimum Gasteiger partial charge on any atom is -0.473 e. The Morgan fingerprint density at radius 3 is 2.81 bits per heavy atom. The molecule has 2 atom stereocenters. The van der Waals surface area contributed by atoms with E-state index in [1.807, 2.05) is 6.92 Å². The first-order valence-electron chi connectivity index (χ1n) is 7.63. The van der Waals surface area contributed by atoms with E-state index in [1.54, 1.807) is 11.6 Å². The maximum atomic E-state index is 11.2. The first-order valence-corrected chi connectivity index (χ1v) is 7.63. The van der Waals surface area contributed by atoms with Crippen LogP contribution in [-0.2, 0) is 6.54 Å². The van der Waals surface area contributed by atoms with Gasteiger partial charge in [0.2, 0.25) is 0 Å². The molecule has 1 fully saturated rings. The van der Waals surface area contributed by atoms with Gasteiger partial charge in [-0.25, -0.2) is 4.68 Å². The minimum absolute atomic E-state index is 0.00857. The lowest BCUT2D eigenvalue weighted by Gasteiger charge is -2.18. The maximum Gasteiger partial charge on any atom is 0.353 e. The lowest BCUT2D eigenvalue weighted by Crippen LogP contribution is -2.24. The van der Waals surface area contributed by atoms with Gasteiger partial charge in [0.05, 0.1) is 11.5 Å². The summed E-state index contributed by atoms with van der Waals surface area (Å²) in [6.45, 7) is 5.42. The molecule has 1 saturated carbocycles. The van der Waals surface area contributed by atoms with Crippen LogP contribution in [0.3, 0.4) is 0 Å². The molecule has 0 spiro atoms. The van der Waals surface area contributed by atoms with E-state index in [-0.39, 0.29) is 5.69 Å². The van der Waals surface area contributed by atoms with Crippen molar-refractivity contribution in [1.29, 1.82) is 0 Å². The van der Waals surface area contributed by atoms with Crippen molar-refractivity contribution in [2.45, 2.75) is 46.1 Å². The lowest BCUT2D eigenvalue weighted by atomic mass is 9.97. The number of nitrogens with zero attached hydrogens (tertiary/aromatic N) is 3. The molecule has 1 aromatic heterocycles. The van der Waals surface area contributed by atoms with E-state index in [4.69, 9.17) is 10.5 Å². The van der Waals surface area contributed by atoms with Crippen molar-refractivity contribution in [1.82, 2.24) is 9.78 Å². The average molecular weight is 296 g/mol. The van der Waals surface area contributed by atoms with Crippen LogP contribution in [0.25, 0.3) is 0 Å². The highest BCUT2D eigenvalue weighted by atomic mass is 16.6. The number of aryl methyl sites for hydroxylation is 2. The van der Waals surface area contributed by atoms with Crippen molar-refractivity contribution in [2.24, 2.45) is 17.6 Å². The molecule has 2 N–H and O–H groups in total. The van der Waals surface area contributed by atoms with Gasteiger partial charge in [-0.05, 0) is 44.6 Å². The molecule has 7 heteroatoms. The van der Waals surface area contributed by atoms with Crippen LogP contribution in [0.5, 0.6) is 5.88 Å². The van der Waals surface area contributed by atoms with Gasteiger partial charge < -0.3 is 10.5 Å². The predicted octanol–water partition coefficient (Wildman–Crippen LogP) is 2.26. The minimum atomic E-state index is -0.404. The summed E-state index contributed by atoms with van der Waals surface area (Å²) < 4.78 is 7.43. The second-order valence-corrected chi connectivity index (χ2v) is 5.72. The van der Waals surface area contributed by atoms with Gasteiger partial charge in [-0.1, -0.05) is 13.3 Å².